The number of amidine groups is 1. The number of anilines is 1. The summed E-state index contributed by atoms with van der Waals surface area (Å²) in [5.41, 5.74) is 3.39. The Morgan fingerprint density at radius 3 is 2.32 bits per heavy atom. The molecule has 1 atom stereocenters. The summed E-state index contributed by atoms with van der Waals surface area (Å²) in [6.07, 6.45) is 0.927. The fourth-order valence-electron chi connectivity index (χ4n) is 3.21. The van der Waals surface area contributed by atoms with Gasteiger partial charge in [0.1, 0.15) is 11.6 Å². The van der Waals surface area contributed by atoms with Crippen LogP contribution in [0.5, 0.6) is 5.75 Å². The predicted molar refractivity (Wildman–Crippen MR) is 103 cm³/mol. The van der Waals surface area contributed by atoms with Crippen molar-refractivity contribution in [3.63, 3.8) is 0 Å². The zero-order valence-electron chi connectivity index (χ0n) is 14.2. The second-order valence-electron chi connectivity index (χ2n) is 6.07. The van der Waals surface area contributed by atoms with Gasteiger partial charge in [-0.3, -0.25) is 0 Å². The first-order valence-electron chi connectivity index (χ1n) is 8.46. The second-order valence-corrected chi connectivity index (χ2v) is 6.07. The molecule has 0 aliphatic carbocycles. The van der Waals surface area contributed by atoms with E-state index >= 15 is 0 Å². The minimum atomic E-state index is 0.302. The van der Waals surface area contributed by atoms with Gasteiger partial charge in [-0.1, -0.05) is 54.6 Å². The predicted octanol–water partition coefficient (Wildman–Crippen LogP) is 5.38. The van der Waals surface area contributed by atoms with Crippen LogP contribution in [-0.4, -0.2) is 12.9 Å². The van der Waals surface area contributed by atoms with Crippen LogP contribution in [0.4, 0.5) is 11.4 Å². The lowest BCUT2D eigenvalue weighted by Crippen LogP contribution is -2.46. The summed E-state index contributed by atoms with van der Waals surface area (Å²) in [6, 6.07) is 29.2. The van der Waals surface area contributed by atoms with Crippen LogP contribution < -0.4 is 9.64 Å². The first-order chi connectivity index (χ1) is 12.3. The molecule has 1 aliphatic rings. The van der Waals surface area contributed by atoms with E-state index in [4.69, 9.17) is 9.73 Å². The van der Waals surface area contributed by atoms with Crippen LogP contribution in [0, 0.1) is 0 Å². The Labute approximate surface area is 148 Å². The highest BCUT2D eigenvalue weighted by Crippen LogP contribution is 2.41. The van der Waals surface area contributed by atoms with E-state index in [1.807, 2.05) is 42.5 Å². The van der Waals surface area contributed by atoms with Crippen LogP contribution in [0.3, 0.4) is 0 Å². The van der Waals surface area contributed by atoms with E-state index in [9.17, 15) is 0 Å². The number of aliphatic imine (C=N–C) groups is 1. The number of ether oxygens (including phenoxy) is 1. The molecule has 0 amide bonds. The van der Waals surface area contributed by atoms with Crippen LogP contribution in [0.15, 0.2) is 89.9 Å². The first-order valence-corrected chi connectivity index (χ1v) is 8.46. The molecule has 0 saturated carbocycles. The maximum absolute atomic E-state index is 5.40. The molecule has 0 spiro atoms. The Morgan fingerprint density at radius 1 is 0.880 bits per heavy atom. The van der Waals surface area contributed by atoms with Crippen LogP contribution in [0.1, 0.15) is 18.0 Å². The summed E-state index contributed by atoms with van der Waals surface area (Å²) in [7, 11) is 1.70. The SMILES string of the molecule is COc1cccc(N2C(=Nc3ccccc3)CC2c2ccccc2)c1. The van der Waals surface area contributed by atoms with Crippen molar-refractivity contribution in [1.29, 1.82) is 0 Å². The highest BCUT2D eigenvalue weighted by molar-refractivity contribution is 6.06. The number of hydrogen-bond acceptors (Lipinski definition) is 2. The van der Waals surface area contributed by atoms with E-state index in [1.54, 1.807) is 7.11 Å². The number of nitrogens with zero attached hydrogens (tertiary/aromatic N) is 2. The van der Waals surface area contributed by atoms with Crippen molar-refractivity contribution in [3.05, 3.63) is 90.5 Å². The molecule has 124 valence electrons. The molecule has 0 N–H and O–H groups in total. The zero-order chi connectivity index (χ0) is 17.1. The molecule has 4 rings (SSSR count). The summed E-state index contributed by atoms with van der Waals surface area (Å²) in [5, 5.41) is 0. The van der Waals surface area contributed by atoms with Gasteiger partial charge in [-0.15, -0.1) is 0 Å². The van der Waals surface area contributed by atoms with Crippen molar-refractivity contribution >= 4 is 17.2 Å². The van der Waals surface area contributed by atoms with Crippen LogP contribution in [-0.2, 0) is 0 Å². The van der Waals surface area contributed by atoms with Crippen molar-refractivity contribution in [2.45, 2.75) is 12.5 Å². The summed E-state index contributed by atoms with van der Waals surface area (Å²) in [6.45, 7) is 0. The number of benzene rings is 3. The maximum atomic E-state index is 5.40. The second kappa shape index (κ2) is 6.81. The highest BCUT2D eigenvalue weighted by atomic mass is 16.5. The van der Waals surface area contributed by atoms with Gasteiger partial charge < -0.3 is 9.64 Å². The molecular weight excluding hydrogens is 308 g/mol. The number of para-hydroxylation sites is 1. The van der Waals surface area contributed by atoms with Gasteiger partial charge in [0, 0.05) is 18.2 Å². The average Bonchev–Trinajstić information content (AvgIpc) is 2.66. The minimum Gasteiger partial charge on any atom is -0.497 e. The number of methoxy groups -OCH3 is 1. The molecular formula is C22H20N2O. The Kier molecular flexibility index (Phi) is 4.21. The Bertz CT molecular complexity index is 875. The summed E-state index contributed by atoms with van der Waals surface area (Å²) in [4.78, 5) is 7.15. The molecule has 1 heterocycles. The molecule has 1 fully saturated rings. The fraction of sp³-hybridized carbons (Fsp3) is 0.136. The molecule has 0 aromatic heterocycles. The van der Waals surface area contributed by atoms with Crippen molar-refractivity contribution in [2.24, 2.45) is 4.99 Å². The van der Waals surface area contributed by atoms with E-state index in [1.165, 1.54) is 5.56 Å². The molecule has 1 aliphatic heterocycles. The normalized spacial score (nSPS) is 18.0. The summed E-state index contributed by atoms with van der Waals surface area (Å²) < 4.78 is 5.40. The molecule has 25 heavy (non-hydrogen) atoms. The smallest absolute Gasteiger partial charge is 0.120 e. The number of hydrogen-bond donors (Lipinski definition) is 0. The third-order valence-electron chi connectivity index (χ3n) is 4.50. The molecule has 3 aromatic rings. The van der Waals surface area contributed by atoms with Gasteiger partial charge in [-0.2, -0.15) is 0 Å². The van der Waals surface area contributed by atoms with Gasteiger partial charge in [0.2, 0.25) is 0 Å². The van der Waals surface area contributed by atoms with E-state index < -0.39 is 0 Å². The van der Waals surface area contributed by atoms with Crippen molar-refractivity contribution in [1.82, 2.24) is 0 Å². The largest absolute Gasteiger partial charge is 0.497 e. The molecule has 3 heteroatoms. The van der Waals surface area contributed by atoms with Crippen LogP contribution in [0.25, 0.3) is 0 Å². The monoisotopic (exact) mass is 328 g/mol. The Morgan fingerprint density at radius 2 is 1.60 bits per heavy atom. The lowest BCUT2D eigenvalue weighted by molar-refractivity contribution is 0.414. The minimum absolute atomic E-state index is 0.302. The lowest BCUT2D eigenvalue weighted by Gasteiger charge is -2.44. The number of rotatable bonds is 4. The molecule has 1 unspecified atom stereocenters. The molecule has 0 radical (unpaired) electrons. The van der Waals surface area contributed by atoms with E-state index in [0.29, 0.717) is 6.04 Å². The zero-order valence-corrected chi connectivity index (χ0v) is 14.2. The maximum Gasteiger partial charge on any atom is 0.120 e. The van der Waals surface area contributed by atoms with Gasteiger partial charge in [-0.05, 0) is 29.8 Å². The molecule has 3 nitrogen and oxygen atoms in total. The molecule has 1 saturated heterocycles. The van der Waals surface area contributed by atoms with Gasteiger partial charge in [0.05, 0.1) is 18.8 Å². The van der Waals surface area contributed by atoms with Gasteiger partial charge in [0.15, 0.2) is 0 Å². The van der Waals surface area contributed by atoms with E-state index in [2.05, 4.69) is 47.4 Å². The Balaban J connectivity index is 1.72. The van der Waals surface area contributed by atoms with Crippen LogP contribution >= 0.6 is 0 Å². The highest BCUT2D eigenvalue weighted by Gasteiger charge is 2.36. The van der Waals surface area contributed by atoms with Gasteiger partial charge >= 0.3 is 0 Å². The fourth-order valence-corrected chi connectivity index (χ4v) is 3.21. The van der Waals surface area contributed by atoms with Gasteiger partial charge in [0.25, 0.3) is 0 Å². The summed E-state index contributed by atoms with van der Waals surface area (Å²) >= 11 is 0. The third kappa shape index (κ3) is 3.13. The Hall–Kier alpha value is -3.07. The van der Waals surface area contributed by atoms with Crippen molar-refractivity contribution in [3.8, 4) is 5.75 Å². The standard InChI is InChI=1S/C22H20N2O/c1-25-20-14-8-13-19(15-20)24-21(17-9-4-2-5-10-17)16-22(24)23-18-11-6-3-7-12-18/h2-15,21H,16H2,1H3. The lowest BCUT2D eigenvalue weighted by atomic mass is 9.92. The van der Waals surface area contributed by atoms with Crippen molar-refractivity contribution < 1.29 is 4.74 Å². The molecule has 0 bridgehead atoms. The quantitative estimate of drug-likeness (QED) is 0.642. The van der Waals surface area contributed by atoms with E-state index in [-0.39, 0.29) is 0 Å². The average molecular weight is 328 g/mol. The van der Waals surface area contributed by atoms with Gasteiger partial charge in [-0.25, -0.2) is 4.99 Å². The first kappa shape index (κ1) is 15.5. The summed E-state index contributed by atoms with van der Waals surface area (Å²) in [5.74, 6) is 1.93. The third-order valence-corrected chi connectivity index (χ3v) is 4.50. The van der Waals surface area contributed by atoms with Crippen molar-refractivity contribution in [2.75, 3.05) is 12.0 Å². The van der Waals surface area contributed by atoms with E-state index in [0.717, 1.165) is 29.4 Å². The topological polar surface area (TPSA) is 24.8 Å². The molecule has 3 aromatic carbocycles. The van der Waals surface area contributed by atoms with Crippen LogP contribution in [0.2, 0.25) is 0 Å².